The second-order valence-corrected chi connectivity index (χ2v) is 7.50. The Bertz CT molecular complexity index is 775. The molecule has 0 spiro atoms. The average molecular weight is 374 g/mol. The fourth-order valence-electron chi connectivity index (χ4n) is 3.63. The molecule has 3 atom stereocenters. The van der Waals surface area contributed by atoms with E-state index in [4.69, 9.17) is 21.7 Å². The van der Waals surface area contributed by atoms with Crippen molar-refractivity contribution >= 4 is 28.1 Å². The molecule has 0 aromatic carbocycles. The van der Waals surface area contributed by atoms with Gasteiger partial charge in [0.2, 0.25) is 0 Å². The van der Waals surface area contributed by atoms with Crippen molar-refractivity contribution in [1.29, 1.82) is 5.41 Å². The van der Waals surface area contributed by atoms with Crippen molar-refractivity contribution in [2.75, 3.05) is 26.3 Å². The molecule has 1 aromatic heterocycles. The zero-order valence-corrected chi connectivity index (χ0v) is 15.7. The third-order valence-corrected chi connectivity index (χ3v) is 5.57. The summed E-state index contributed by atoms with van der Waals surface area (Å²) in [6.07, 6.45) is 10.7. The van der Waals surface area contributed by atoms with E-state index >= 15 is 0 Å². The van der Waals surface area contributed by atoms with Gasteiger partial charge in [-0.25, -0.2) is 0 Å². The molecule has 4 rings (SSSR count). The number of hydrogen-bond acceptors (Lipinski definition) is 5. The van der Waals surface area contributed by atoms with Crippen LogP contribution in [0.5, 0.6) is 0 Å². The van der Waals surface area contributed by atoms with E-state index in [0.29, 0.717) is 16.9 Å². The number of ether oxygens (including phenoxy) is 1. The zero-order chi connectivity index (χ0) is 18.1. The fraction of sp³-hybridized carbons (Fsp3) is 0.526. The lowest BCUT2D eigenvalue weighted by atomic mass is 10.0. The molecule has 138 valence electrons. The van der Waals surface area contributed by atoms with Crippen molar-refractivity contribution in [2.45, 2.75) is 32.0 Å². The SMILES string of the molecule is CC(CCn1cc(C2=CC2C2N=C(Cl)C=CC2=N)cn1)N1CCOCC1. The Labute approximate surface area is 158 Å². The van der Waals surface area contributed by atoms with Crippen LogP contribution in [0.1, 0.15) is 18.9 Å². The monoisotopic (exact) mass is 373 g/mol. The average Bonchev–Trinajstić information content (AvgIpc) is 3.31. The summed E-state index contributed by atoms with van der Waals surface area (Å²) >= 11 is 6.00. The number of rotatable bonds is 6. The first-order valence-electron chi connectivity index (χ1n) is 9.18. The molecule has 0 saturated carbocycles. The first kappa shape index (κ1) is 17.6. The molecule has 26 heavy (non-hydrogen) atoms. The maximum atomic E-state index is 8.05. The van der Waals surface area contributed by atoms with Crippen LogP contribution in [-0.4, -0.2) is 63.9 Å². The highest BCUT2D eigenvalue weighted by molar-refractivity contribution is 6.69. The summed E-state index contributed by atoms with van der Waals surface area (Å²) < 4.78 is 7.44. The third kappa shape index (κ3) is 3.82. The van der Waals surface area contributed by atoms with Crippen LogP contribution in [0.3, 0.4) is 0 Å². The van der Waals surface area contributed by atoms with E-state index < -0.39 is 0 Å². The summed E-state index contributed by atoms with van der Waals surface area (Å²) in [6, 6.07) is 0.345. The van der Waals surface area contributed by atoms with Gasteiger partial charge in [0.05, 0.1) is 25.1 Å². The quantitative estimate of drug-likeness (QED) is 0.833. The van der Waals surface area contributed by atoms with E-state index in [1.807, 2.05) is 10.9 Å². The number of dihydropyridines is 1. The molecule has 1 N–H and O–H groups in total. The second-order valence-electron chi connectivity index (χ2n) is 7.11. The molecule has 0 bridgehead atoms. The minimum Gasteiger partial charge on any atom is -0.379 e. The van der Waals surface area contributed by atoms with Gasteiger partial charge in [-0.15, -0.1) is 0 Å². The number of aliphatic imine (C=N–C) groups is 1. The van der Waals surface area contributed by atoms with Gasteiger partial charge in [-0.3, -0.25) is 14.6 Å². The number of halogens is 1. The topological polar surface area (TPSA) is 66.5 Å². The van der Waals surface area contributed by atoms with Gasteiger partial charge < -0.3 is 10.1 Å². The van der Waals surface area contributed by atoms with Gasteiger partial charge >= 0.3 is 0 Å². The minimum absolute atomic E-state index is 0.172. The molecule has 3 aliphatic rings. The van der Waals surface area contributed by atoms with Crippen LogP contribution in [0.4, 0.5) is 0 Å². The van der Waals surface area contributed by atoms with Crippen molar-refractivity contribution in [3.8, 4) is 0 Å². The molecule has 1 fully saturated rings. The highest BCUT2D eigenvalue weighted by Gasteiger charge is 2.37. The summed E-state index contributed by atoms with van der Waals surface area (Å²) in [5.74, 6) is 0.172. The van der Waals surface area contributed by atoms with E-state index in [0.717, 1.165) is 44.8 Å². The number of nitrogens with one attached hydrogen (secondary N) is 1. The molecular formula is C19H24ClN5O. The van der Waals surface area contributed by atoms with Gasteiger partial charge in [0.15, 0.2) is 0 Å². The molecule has 2 aliphatic heterocycles. The smallest absolute Gasteiger partial charge is 0.124 e. The molecule has 1 saturated heterocycles. The molecule has 3 heterocycles. The summed E-state index contributed by atoms with van der Waals surface area (Å²) in [7, 11) is 0. The van der Waals surface area contributed by atoms with E-state index in [2.05, 4.69) is 34.2 Å². The highest BCUT2D eigenvalue weighted by Crippen LogP contribution is 2.42. The van der Waals surface area contributed by atoms with Crippen LogP contribution in [0, 0.1) is 11.3 Å². The Morgan fingerprint density at radius 3 is 2.96 bits per heavy atom. The predicted molar refractivity (Wildman–Crippen MR) is 104 cm³/mol. The summed E-state index contributed by atoms with van der Waals surface area (Å²) in [5.41, 5.74) is 2.86. The Morgan fingerprint density at radius 1 is 1.35 bits per heavy atom. The third-order valence-electron chi connectivity index (χ3n) is 5.34. The Balaban J connectivity index is 1.31. The number of aryl methyl sites for hydroxylation is 1. The number of aromatic nitrogens is 2. The van der Waals surface area contributed by atoms with Gasteiger partial charge in [0, 0.05) is 43.4 Å². The lowest BCUT2D eigenvalue weighted by Gasteiger charge is -2.32. The molecule has 0 radical (unpaired) electrons. The van der Waals surface area contributed by atoms with E-state index in [9.17, 15) is 0 Å². The van der Waals surface area contributed by atoms with Crippen molar-refractivity contribution in [3.05, 3.63) is 36.2 Å². The van der Waals surface area contributed by atoms with Crippen LogP contribution in [0.2, 0.25) is 0 Å². The summed E-state index contributed by atoms with van der Waals surface area (Å²) in [4.78, 5) is 6.88. The number of morpholine rings is 1. The normalized spacial score (nSPS) is 27.2. The van der Waals surface area contributed by atoms with Gasteiger partial charge in [-0.1, -0.05) is 17.7 Å². The van der Waals surface area contributed by atoms with Crippen LogP contribution in [-0.2, 0) is 11.3 Å². The molecule has 0 amide bonds. The zero-order valence-electron chi connectivity index (χ0n) is 14.9. The molecule has 1 aliphatic carbocycles. The van der Waals surface area contributed by atoms with Gasteiger partial charge in [-0.2, -0.15) is 5.10 Å². The van der Waals surface area contributed by atoms with Crippen molar-refractivity contribution in [3.63, 3.8) is 0 Å². The number of nitrogens with zero attached hydrogens (tertiary/aromatic N) is 4. The van der Waals surface area contributed by atoms with Crippen LogP contribution >= 0.6 is 11.6 Å². The lowest BCUT2D eigenvalue weighted by Crippen LogP contribution is -2.42. The maximum Gasteiger partial charge on any atom is 0.124 e. The van der Waals surface area contributed by atoms with Gasteiger partial charge in [0.1, 0.15) is 11.2 Å². The van der Waals surface area contributed by atoms with E-state index in [1.54, 1.807) is 12.2 Å². The summed E-state index contributed by atoms with van der Waals surface area (Å²) in [5, 5.41) is 13.0. The minimum atomic E-state index is -0.188. The molecule has 7 heteroatoms. The largest absolute Gasteiger partial charge is 0.379 e. The van der Waals surface area contributed by atoms with E-state index in [1.165, 1.54) is 5.57 Å². The summed E-state index contributed by atoms with van der Waals surface area (Å²) in [6.45, 7) is 6.89. The first-order chi connectivity index (χ1) is 12.6. The lowest BCUT2D eigenvalue weighted by molar-refractivity contribution is 0.0177. The molecule has 3 unspecified atom stereocenters. The standard InChI is InChI=1S/C19H24ClN5O/c1-13(24-6-8-26-9-7-24)4-5-25-12-14(11-22-25)15-10-16(15)19-17(21)2-3-18(20)23-19/h2-3,10-13,16,19,21H,4-9H2,1H3. The number of allylic oxidation sites excluding steroid dienone is 1. The van der Waals surface area contributed by atoms with Gasteiger partial charge in [0.25, 0.3) is 0 Å². The van der Waals surface area contributed by atoms with Gasteiger partial charge in [-0.05, 0) is 31.1 Å². The molecular weight excluding hydrogens is 350 g/mol. The highest BCUT2D eigenvalue weighted by atomic mass is 35.5. The van der Waals surface area contributed by atoms with Crippen LogP contribution < -0.4 is 0 Å². The Hall–Kier alpha value is -1.76. The van der Waals surface area contributed by atoms with Crippen LogP contribution in [0.25, 0.3) is 5.57 Å². The van der Waals surface area contributed by atoms with Crippen molar-refractivity contribution in [2.24, 2.45) is 10.9 Å². The number of hydrogen-bond donors (Lipinski definition) is 1. The molecule has 1 aromatic rings. The molecule has 6 nitrogen and oxygen atoms in total. The Morgan fingerprint density at radius 2 is 2.15 bits per heavy atom. The van der Waals surface area contributed by atoms with Crippen molar-refractivity contribution < 1.29 is 4.74 Å². The van der Waals surface area contributed by atoms with E-state index in [-0.39, 0.29) is 12.0 Å². The maximum absolute atomic E-state index is 8.05. The predicted octanol–water partition coefficient (Wildman–Crippen LogP) is 2.60. The fourth-order valence-corrected chi connectivity index (χ4v) is 3.79. The Kier molecular flexibility index (Phi) is 5.07. The second kappa shape index (κ2) is 7.47. The first-order valence-corrected chi connectivity index (χ1v) is 9.56. The van der Waals surface area contributed by atoms with Crippen molar-refractivity contribution in [1.82, 2.24) is 14.7 Å². The van der Waals surface area contributed by atoms with Crippen LogP contribution in [0.15, 0.2) is 35.6 Å².